The van der Waals surface area contributed by atoms with Gasteiger partial charge in [-0.2, -0.15) is 0 Å². The SMILES string of the molecule is CC.COC(=O)c1ccc(C(=O)OC)o1. The summed E-state index contributed by atoms with van der Waals surface area (Å²) >= 11 is 0. The predicted octanol–water partition coefficient (Wildman–Crippen LogP) is 1.88. The van der Waals surface area contributed by atoms with Crippen LogP contribution in [-0.2, 0) is 9.47 Å². The third-order valence-corrected chi connectivity index (χ3v) is 1.38. The Kier molecular flexibility index (Phi) is 5.85. The van der Waals surface area contributed by atoms with Gasteiger partial charge >= 0.3 is 11.9 Å². The first-order valence-electron chi connectivity index (χ1n) is 4.45. The van der Waals surface area contributed by atoms with E-state index in [1.807, 2.05) is 13.8 Å². The molecule has 0 saturated heterocycles. The van der Waals surface area contributed by atoms with E-state index in [0.29, 0.717) is 0 Å². The van der Waals surface area contributed by atoms with E-state index in [4.69, 9.17) is 4.42 Å². The molecule has 1 rings (SSSR count). The van der Waals surface area contributed by atoms with Gasteiger partial charge in [0.1, 0.15) is 0 Å². The third-order valence-electron chi connectivity index (χ3n) is 1.38. The first-order valence-corrected chi connectivity index (χ1v) is 4.45. The van der Waals surface area contributed by atoms with Crippen LogP contribution in [0.2, 0.25) is 0 Å². The summed E-state index contributed by atoms with van der Waals surface area (Å²) in [5.74, 6) is -1.31. The van der Waals surface area contributed by atoms with Crippen LogP contribution in [-0.4, -0.2) is 26.2 Å². The smallest absolute Gasteiger partial charge is 0.373 e. The summed E-state index contributed by atoms with van der Waals surface area (Å²) in [5.41, 5.74) is 0. The van der Waals surface area contributed by atoms with Crippen LogP contribution < -0.4 is 0 Å². The number of rotatable bonds is 2. The number of esters is 2. The van der Waals surface area contributed by atoms with Gasteiger partial charge in [0.2, 0.25) is 11.5 Å². The van der Waals surface area contributed by atoms with Crippen molar-refractivity contribution in [1.29, 1.82) is 0 Å². The molecule has 0 aliphatic heterocycles. The van der Waals surface area contributed by atoms with Gasteiger partial charge in [0.15, 0.2) is 0 Å². The summed E-state index contributed by atoms with van der Waals surface area (Å²) in [4.78, 5) is 21.7. The van der Waals surface area contributed by atoms with E-state index >= 15 is 0 Å². The van der Waals surface area contributed by atoms with Gasteiger partial charge < -0.3 is 13.9 Å². The fourth-order valence-corrected chi connectivity index (χ4v) is 0.758. The molecule has 1 aromatic rings. The Bertz CT molecular complexity index is 296. The van der Waals surface area contributed by atoms with Crippen molar-refractivity contribution in [1.82, 2.24) is 0 Å². The number of carbonyl (C=O) groups is 2. The highest BCUT2D eigenvalue weighted by Crippen LogP contribution is 2.09. The van der Waals surface area contributed by atoms with Crippen LogP contribution in [0.4, 0.5) is 0 Å². The molecular formula is C10H14O5. The van der Waals surface area contributed by atoms with E-state index in [-0.39, 0.29) is 11.5 Å². The summed E-state index contributed by atoms with van der Waals surface area (Å²) in [6, 6.07) is 2.69. The summed E-state index contributed by atoms with van der Waals surface area (Å²) < 4.78 is 13.6. The quantitative estimate of drug-likeness (QED) is 0.703. The van der Waals surface area contributed by atoms with Crippen molar-refractivity contribution in [2.24, 2.45) is 0 Å². The normalized spacial score (nSPS) is 8.53. The summed E-state index contributed by atoms with van der Waals surface area (Å²) in [5, 5.41) is 0. The second-order valence-electron chi connectivity index (χ2n) is 2.15. The van der Waals surface area contributed by atoms with E-state index in [0.717, 1.165) is 0 Å². The topological polar surface area (TPSA) is 65.7 Å². The van der Waals surface area contributed by atoms with Gasteiger partial charge in [-0.25, -0.2) is 9.59 Å². The van der Waals surface area contributed by atoms with Crippen molar-refractivity contribution in [3.8, 4) is 0 Å². The lowest BCUT2D eigenvalue weighted by Gasteiger charge is -1.93. The second-order valence-corrected chi connectivity index (χ2v) is 2.15. The predicted molar refractivity (Wildman–Crippen MR) is 52.7 cm³/mol. The third kappa shape index (κ3) is 3.46. The molecule has 0 unspecified atom stereocenters. The Balaban J connectivity index is 0.000000921. The fourth-order valence-electron chi connectivity index (χ4n) is 0.758. The van der Waals surface area contributed by atoms with E-state index in [9.17, 15) is 9.59 Å². The lowest BCUT2D eigenvalue weighted by atomic mass is 10.4. The Hall–Kier alpha value is -1.78. The monoisotopic (exact) mass is 214 g/mol. The van der Waals surface area contributed by atoms with Crippen LogP contribution in [0.15, 0.2) is 16.5 Å². The first-order chi connectivity index (χ1) is 7.19. The second kappa shape index (κ2) is 6.64. The average molecular weight is 214 g/mol. The van der Waals surface area contributed by atoms with Crippen LogP contribution >= 0.6 is 0 Å². The minimum atomic E-state index is -0.629. The van der Waals surface area contributed by atoms with E-state index < -0.39 is 11.9 Å². The highest BCUT2D eigenvalue weighted by Gasteiger charge is 2.15. The van der Waals surface area contributed by atoms with Gasteiger partial charge in [0, 0.05) is 0 Å². The van der Waals surface area contributed by atoms with Crippen LogP contribution in [0.25, 0.3) is 0 Å². The van der Waals surface area contributed by atoms with Crippen molar-refractivity contribution in [3.63, 3.8) is 0 Å². The zero-order chi connectivity index (χ0) is 11.8. The molecule has 0 bridgehead atoms. The number of ether oxygens (including phenoxy) is 2. The van der Waals surface area contributed by atoms with Gasteiger partial charge in [0.05, 0.1) is 14.2 Å². The maximum atomic E-state index is 10.9. The largest absolute Gasteiger partial charge is 0.463 e. The molecule has 0 atom stereocenters. The molecule has 0 fully saturated rings. The van der Waals surface area contributed by atoms with Crippen molar-refractivity contribution < 1.29 is 23.5 Å². The number of hydrogen-bond acceptors (Lipinski definition) is 5. The fraction of sp³-hybridized carbons (Fsp3) is 0.400. The first kappa shape index (κ1) is 13.2. The summed E-state index contributed by atoms with van der Waals surface area (Å²) in [6.07, 6.45) is 0. The molecule has 5 heteroatoms. The molecule has 84 valence electrons. The van der Waals surface area contributed by atoms with Crippen LogP contribution in [0, 0.1) is 0 Å². The van der Waals surface area contributed by atoms with Crippen molar-refractivity contribution in [2.45, 2.75) is 13.8 Å². The number of carbonyl (C=O) groups excluding carboxylic acids is 2. The van der Waals surface area contributed by atoms with E-state index in [1.54, 1.807) is 0 Å². The average Bonchev–Trinajstić information content (AvgIpc) is 2.79. The van der Waals surface area contributed by atoms with Gasteiger partial charge in [0.25, 0.3) is 0 Å². The molecule has 0 aliphatic carbocycles. The molecule has 1 heterocycles. The molecule has 0 aliphatic rings. The van der Waals surface area contributed by atoms with Crippen molar-refractivity contribution in [3.05, 3.63) is 23.7 Å². The molecule has 1 aromatic heterocycles. The van der Waals surface area contributed by atoms with Crippen LogP contribution in [0.1, 0.15) is 35.0 Å². The Morgan fingerprint density at radius 3 is 1.60 bits per heavy atom. The van der Waals surface area contributed by atoms with Gasteiger partial charge in [-0.1, -0.05) is 13.8 Å². The summed E-state index contributed by atoms with van der Waals surface area (Å²) in [7, 11) is 2.45. The maximum Gasteiger partial charge on any atom is 0.373 e. The zero-order valence-corrected chi connectivity index (χ0v) is 9.20. The molecule has 15 heavy (non-hydrogen) atoms. The molecule has 0 spiro atoms. The zero-order valence-electron chi connectivity index (χ0n) is 9.20. The molecule has 0 radical (unpaired) electrons. The number of furan rings is 1. The minimum Gasteiger partial charge on any atom is -0.463 e. The van der Waals surface area contributed by atoms with Crippen LogP contribution in [0.5, 0.6) is 0 Å². The highest BCUT2D eigenvalue weighted by molar-refractivity contribution is 5.90. The molecular weight excluding hydrogens is 200 g/mol. The lowest BCUT2D eigenvalue weighted by molar-refractivity contribution is 0.0531. The van der Waals surface area contributed by atoms with Crippen LogP contribution in [0.3, 0.4) is 0 Å². The highest BCUT2D eigenvalue weighted by atomic mass is 16.5. The van der Waals surface area contributed by atoms with Crippen molar-refractivity contribution in [2.75, 3.05) is 14.2 Å². The van der Waals surface area contributed by atoms with E-state index in [2.05, 4.69) is 9.47 Å². The Labute approximate surface area is 88.0 Å². The standard InChI is InChI=1S/C8H8O5.C2H6/c1-11-7(9)5-3-4-6(13-5)8(10)12-2;1-2/h3-4H,1-2H3;1-2H3. The molecule has 0 N–H and O–H groups in total. The Morgan fingerprint density at radius 1 is 1.00 bits per heavy atom. The maximum absolute atomic E-state index is 10.9. The van der Waals surface area contributed by atoms with Gasteiger partial charge in [-0.15, -0.1) is 0 Å². The lowest BCUT2D eigenvalue weighted by Crippen LogP contribution is -2.00. The van der Waals surface area contributed by atoms with Crippen molar-refractivity contribution >= 4 is 11.9 Å². The van der Waals surface area contributed by atoms with E-state index in [1.165, 1.54) is 26.4 Å². The molecule has 0 amide bonds. The molecule has 0 aromatic carbocycles. The summed E-state index contributed by atoms with van der Waals surface area (Å²) in [6.45, 7) is 4.00. The van der Waals surface area contributed by atoms with Gasteiger partial charge in [-0.05, 0) is 12.1 Å². The number of hydrogen-bond donors (Lipinski definition) is 0. The van der Waals surface area contributed by atoms with Gasteiger partial charge in [-0.3, -0.25) is 0 Å². The molecule has 0 saturated carbocycles. The molecule has 5 nitrogen and oxygen atoms in total. The Morgan fingerprint density at radius 2 is 1.33 bits per heavy atom. The number of methoxy groups -OCH3 is 2. The minimum absolute atomic E-state index is 0.0251.